The third-order valence-corrected chi connectivity index (χ3v) is 5.03. The highest BCUT2D eigenvalue weighted by Crippen LogP contribution is 2.23. The summed E-state index contributed by atoms with van der Waals surface area (Å²) in [4.78, 5) is 40.4. The number of nitrogens with zero attached hydrogens (tertiary/aromatic N) is 2. The predicted octanol–water partition coefficient (Wildman–Crippen LogP) is 2.02. The standard InChI is InChI=1S/C20H25N3O4/c1-14-6-8-15(9-7-14)22-18(24)12-27-19(25)10-11-23-13-21-17-5-3-2-4-16(17)20(23)26/h2-5,13-15H,6-12H2,1H3,(H,22,24). The van der Waals surface area contributed by atoms with Crippen molar-refractivity contribution in [2.24, 2.45) is 5.92 Å². The van der Waals surface area contributed by atoms with Gasteiger partial charge in [-0.05, 0) is 43.7 Å². The third-order valence-electron chi connectivity index (χ3n) is 5.03. The van der Waals surface area contributed by atoms with Crippen molar-refractivity contribution in [3.63, 3.8) is 0 Å². The predicted molar refractivity (Wildman–Crippen MR) is 101 cm³/mol. The maximum absolute atomic E-state index is 12.4. The summed E-state index contributed by atoms with van der Waals surface area (Å²) in [5.74, 6) is -0.0705. The Kier molecular flexibility index (Phi) is 6.21. The van der Waals surface area contributed by atoms with Gasteiger partial charge in [-0.1, -0.05) is 19.1 Å². The molecule has 2 aromatic rings. The lowest BCUT2D eigenvalue weighted by atomic mass is 9.87. The van der Waals surface area contributed by atoms with Crippen molar-refractivity contribution in [3.8, 4) is 0 Å². The van der Waals surface area contributed by atoms with Crippen LogP contribution in [0, 0.1) is 5.92 Å². The third kappa shape index (κ3) is 5.15. The van der Waals surface area contributed by atoms with Crippen LogP contribution in [-0.2, 0) is 20.9 Å². The molecule has 1 saturated carbocycles. The Bertz CT molecular complexity index is 869. The number of benzene rings is 1. The molecule has 1 N–H and O–H groups in total. The smallest absolute Gasteiger partial charge is 0.308 e. The summed E-state index contributed by atoms with van der Waals surface area (Å²) in [7, 11) is 0. The maximum atomic E-state index is 12.4. The first-order valence-electron chi connectivity index (χ1n) is 9.42. The molecule has 1 amide bonds. The molecule has 1 heterocycles. The number of fused-ring (bicyclic) bond motifs is 1. The summed E-state index contributed by atoms with van der Waals surface area (Å²) in [6.07, 6.45) is 5.60. The van der Waals surface area contributed by atoms with E-state index in [1.807, 2.05) is 6.07 Å². The number of amides is 1. The van der Waals surface area contributed by atoms with Gasteiger partial charge in [0.05, 0.1) is 23.7 Å². The number of nitrogens with one attached hydrogen (secondary N) is 1. The first kappa shape index (κ1) is 19.1. The zero-order valence-electron chi connectivity index (χ0n) is 15.5. The second-order valence-corrected chi connectivity index (χ2v) is 7.20. The highest BCUT2D eigenvalue weighted by atomic mass is 16.5. The normalized spacial score (nSPS) is 19.6. The van der Waals surface area contributed by atoms with Gasteiger partial charge >= 0.3 is 5.97 Å². The van der Waals surface area contributed by atoms with Crippen LogP contribution in [0.15, 0.2) is 35.4 Å². The largest absolute Gasteiger partial charge is 0.456 e. The molecule has 0 radical (unpaired) electrons. The average molecular weight is 371 g/mol. The van der Waals surface area contributed by atoms with Gasteiger partial charge in [0.25, 0.3) is 11.5 Å². The molecule has 1 fully saturated rings. The average Bonchev–Trinajstić information content (AvgIpc) is 2.68. The van der Waals surface area contributed by atoms with Crippen molar-refractivity contribution < 1.29 is 14.3 Å². The fraction of sp³-hybridized carbons (Fsp3) is 0.500. The molecule has 0 aliphatic heterocycles. The molecular weight excluding hydrogens is 346 g/mol. The number of aromatic nitrogens is 2. The highest BCUT2D eigenvalue weighted by Gasteiger charge is 2.20. The first-order valence-corrected chi connectivity index (χ1v) is 9.42. The van der Waals surface area contributed by atoms with Crippen molar-refractivity contribution in [2.45, 2.75) is 51.6 Å². The number of para-hydroxylation sites is 1. The van der Waals surface area contributed by atoms with Gasteiger partial charge in [0, 0.05) is 12.6 Å². The van der Waals surface area contributed by atoms with E-state index in [-0.39, 0.29) is 37.1 Å². The molecule has 0 atom stereocenters. The van der Waals surface area contributed by atoms with Crippen LogP contribution in [0.3, 0.4) is 0 Å². The van der Waals surface area contributed by atoms with Crippen LogP contribution >= 0.6 is 0 Å². The van der Waals surface area contributed by atoms with Crippen LogP contribution in [-0.4, -0.2) is 34.1 Å². The van der Waals surface area contributed by atoms with Crippen LogP contribution in [0.1, 0.15) is 39.0 Å². The number of carbonyl (C=O) groups excluding carboxylic acids is 2. The van der Waals surface area contributed by atoms with Gasteiger partial charge in [-0.25, -0.2) is 4.98 Å². The van der Waals surface area contributed by atoms with Crippen LogP contribution in [0.25, 0.3) is 10.9 Å². The lowest BCUT2D eigenvalue weighted by Crippen LogP contribution is -2.39. The molecule has 1 aliphatic carbocycles. The Labute approximate surface area is 157 Å². The molecule has 7 heteroatoms. The van der Waals surface area contributed by atoms with E-state index in [0.717, 1.165) is 25.7 Å². The molecule has 144 valence electrons. The van der Waals surface area contributed by atoms with Gasteiger partial charge in [0.1, 0.15) is 0 Å². The molecule has 0 spiro atoms. The Morgan fingerprint density at radius 3 is 2.74 bits per heavy atom. The summed E-state index contributed by atoms with van der Waals surface area (Å²) in [6.45, 7) is 2.10. The van der Waals surface area contributed by atoms with Crippen molar-refractivity contribution in [1.29, 1.82) is 0 Å². The van der Waals surface area contributed by atoms with Gasteiger partial charge < -0.3 is 10.1 Å². The van der Waals surface area contributed by atoms with Crippen molar-refractivity contribution in [1.82, 2.24) is 14.9 Å². The minimum Gasteiger partial charge on any atom is -0.456 e. The summed E-state index contributed by atoms with van der Waals surface area (Å²) in [5, 5.41) is 3.43. The second-order valence-electron chi connectivity index (χ2n) is 7.20. The van der Waals surface area contributed by atoms with Gasteiger partial charge in [0.15, 0.2) is 6.61 Å². The first-order chi connectivity index (χ1) is 13.0. The number of rotatable bonds is 6. The molecule has 1 aliphatic rings. The van der Waals surface area contributed by atoms with Crippen molar-refractivity contribution >= 4 is 22.8 Å². The van der Waals surface area contributed by atoms with Crippen LogP contribution in [0.5, 0.6) is 0 Å². The fourth-order valence-electron chi connectivity index (χ4n) is 3.37. The zero-order valence-corrected chi connectivity index (χ0v) is 15.5. The number of aryl methyl sites for hydroxylation is 1. The molecule has 3 rings (SSSR count). The molecule has 1 aromatic heterocycles. The number of hydrogen-bond acceptors (Lipinski definition) is 5. The van der Waals surface area contributed by atoms with Crippen molar-refractivity contribution in [2.75, 3.05) is 6.61 Å². The molecule has 0 bridgehead atoms. The Balaban J connectivity index is 1.44. The molecule has 7 nitrogen and oxygen atoms in total. The molecule has 27 heavy (non-hydrogen) atoms. The minimum atomic E-state index is -0.512. The van der Waals surface area contributed by atoms with E-state index in [9.17, 15) is 14.4 Å². The number of carbonyl (C=O) groups is 2. The molecule has 0 unspecified atom stereocenters. The topological polar surface area (TPSA) is 90.3 Å². The van der Waals surface area contributed by atoms with E-state index in [4.69, 9.17) is 4.74 Å². The van der Waals surface area contributed by atoms with E-state index in [0.29, 0.717) is 16.8 Å². The Morgan fingerprint density at radius 2 is 1.96 bits per heavy atom. The lowest BCUT2D eigenvalue weighted by Gasteiger charge is -2.26. The monoisotopic (exact) mass is 371 g/mol. The van der Waals surface area contributed by atoms with Crippen LogP contribution in [0.2, 0.25) is 0 Å². The SMILES string of the molecule is CC1CCC(NC(=O)COC(=O)CCn2cnc3ccccc3c2=O)CC1. The van der Waals surface area contributed by atoms with Crippen LogP contribution < -0.4 is 10.9 Å². The van der Waals surface area contributed by atoms with E-state index < -0.39 is 5.97 Å². The molecule has 0 saturated heterocycles. The molecular formula is C20H25N3O4. The second kappa shape index (κ2) is 8.79. The van der Waals surface area contributed by atoms with Gasteiger partial charge in [-0.2, -0.15) is 0 Å². The number of esters is 1. The maximum Gasteiger partial charge on any atom is 0.308 e. The Hall–Kier alpha value is -2.70. The van der Waals surface area contributed by atoms with Gasteiger partial charge in [0.2, 0.25) is 0 Å². The lowest BCUT2D eigenvalue weighted by molar-refractivity contribution is -0.149. The highest BCUT2D eigenvalue weighted by molar-refractivity contribution is 5.80. The van der Waals surface area contributed by atoms with Crippen molar-refractivity contribution in [3.05, 3.63) is 40.9 Å². The zero-order chi connectivity index (χ0) is 19.2. The summed E-state index contributed by atoms with van der Waals surface area (Å²) >= 11 is 0. The van der Waals surface area contributed by atoms with E-state index in [2.05, 4.69) is 17.2 Å². The van der Waals surface area contributed by atoms with E-state index in [1.165, 1.54) is 10.9 Å². The number of ether oxygens (including phenoxy) is 1. The Morgan fingerprint density at radius 1 is 1.22 bits per heavy atom. The number of hydrogen-bond donors (Lipinski definition) is 1. The minimum absolute atomic E-state index is 0.00809. The van der Waals surface area contributed by atoms with Crippen LogP contribution in [0.4, 0.5) is 0 Å². The quantitative estimate of drug-likeness (QED) is 0.785. The van der Waals surface area contributed by atoms with Gasteiger partial charge in [-0.3, -0.25) is 19.0 Å². The van der Waals surface area contributed by atoms with E-state index >= 15 is 0 Å². The summed E-state index contributed by atoms with van der Waals surface area (Å²) in [6, 6.07) is 7.23. The summed E-state index contributed by atoms with van der Waals surface area (Å²) < 4.78 is 6.41. The molecule has 1 aromatic carbocycles. The fourth-order valence-corrected chi connectivity index (χ4v) is 3.37. The van der Waals surface area contributed by atoms with E-state index in [1.54, 1.807) is 18.2 Å². The van der Waals surface area contributed by atoms with Gasteiger partial charge in [-0.15, -0.1) is 0 Å². The summed E-state index contributed by atoms with van der Waals surface area (Å²) in [5.41, 5.74) is 0.424.